The molecule has 12 heavy (non-hydrogen) atoms. The molecule has 0 fully saturated rings. The molecule has 0 saturated carbocycles. The van der Waals surface area contributed by atoms with E-state index < -0.39 is 0 Å². The van der Waals surface area contributed by atoms with Crippen molar-refractivity contribution in [1.82, 2.24) is 0 Å². The highest BCUT2D eigenvalue weighted by Crippen LogP contribution is 2.20. The quantitative estimate of drug-likeness (QED) is 0.655. The fourth-order valence-corrected chi connectivity index (χ4v) is 0.992. The minimum Gasteiger partial charge on any atom is -0.397 e. The zero-order chi connectivity index (χ0) is 8.97. The van der Waals surface area contributed by atoms with E-state index in [9.17, 15) is 0 Å². The van der Waals surface area contributed by atoms with Gasteiger partial charge in [-0.2, -0.15) is 0 Å². The number of anilines is 2. The van der Waals surface area contributed by atoms with E-state index in [0.717, 1.165) is 12.0 Å². The standard InChI is InChI=1S/C10H14N2/c1-2-3-5-8-6-4-7-9(11)10(8)12/h3-7H,2,11-12H2,1H3/b5-3-. The van der Waals surface area contributed by atoms with Gasteiger partial charge in [-0.25, -0.2) is 0 Å². The lowest BCUT2D eigenvalue weighted by atomic mass is 10.1. The largest absolute Gasteiger partial charge is 0.397 e. The first-order chi connectivity index (χ1) is 5.75. The number of allylic oxidation sites excluding steroid dienone is 1. The molecule has 1 rings (SSSR count). The van der Waals surface area contributed by atoms with E-state index >= 15 is 0 Å². The highest BCUT2D eigenvalue weighted by Gasteiger charge is 1.96. The van der Waals surface area contributed by atoms with Crippen LogP contribution >= 0.6 is 0 Å². The molecule has 0 amide bonds. The molecule has 0 aliphatic heterocycles. The molecule has 2 nitrogen and oxygen atoms in total. The van der Waals surface area contributed by atoms with E-state index in [1.54, 1.807) is 6.07 Å². The average Bonchev–Trinajstić information content (AvgIpc) is 2.08. The Morgan fingerprint density at radius 1 is 1.33 bits per heavy atom. The Kier molecular flexibility index (Phi) is 2.75. The maximum atomic E-state index is 5.75. The molecule has 0 saturated heterocycles. The van der Waals surface area contributed by atoms with Crippen LogP contribution in [0, 0.1) is 0 Å². The summed E-state index contributed by atoms with van der Waals surface area (Å²) in [5, 5.41) is 0. The molecule has 0 radical (unpaired) electrons. The first kappa shape index (κ1) is 8.65. The molecule has 0 heterocycles. The van der Waals surface area contributed by atoms with Crippen molar-refractivity contribution < 1.29 is 0 Å². The van der Waals surface area contributed by atoms with Crippen LogP contribution in [0.15, 0.2) is 24.3 Å². The Morgan fingerprint density at radius 2 is 2.08 bits per heavy atom. The predicted octanol–water partition coefficient (Wildman–Crippen LogP) is 2.27. The Balaban J connectivity index is 3.00. The number of para-hydroxylation sites is 1. The second kappa shape index (κ2) is 3.81. The molecule has 1 aromatic carbocycles. The van der Waals surface area contributed by atoms with Gasteiger partial charge in [0.15, 0.2) is 0 Å². The summed E-state index contributed by atoms with van der Waals surface area (Å²) in [4.78, 5) is 0. The minimum atomic E-state index is 0.647. The smallest absolute Gasteiger partial charge is 0.0621 e. The van der Waals surface area contributed by atoms with E-state index in [4.69, 9.17) is 11.5 Å². The molecular formula is C10H14N2. The van der Waals surface area contributed by atoms with Crippen LogP contribution in [0.2, 0.25) is 0 Å². The molecule has 1 aromatic rings. The van der Waals surface area contributed by atoms with Crippen molar-refractivity contribution in [3.05, 3.63) is 29.8 Å². The topological polar surface area (TPSA) is 52.0 Å². The van der Waals surface area contributed by atoms with Gasteiger partial charge in [-0.05, 0) is 18.1 Å². The molecule has 64 valence electrons. The van der Waals surface area contributed by atoms with Crippen molar-refractivity contribution in [3.8, 4) is 0 Å². The number of benzene rings is 1. The van der Waals surface area contributed by atoms with Crippen LogP contribution in [0.25, 0.3) is 6.08 Å². The molecule has 0 aromatic heterocycles. The third-order valence-corrected chi connectivity index (χ3v) is 1.71. The Bertz CT molecular complexity index is 290. The second-order valence-electron chi connectivity index (χ2n) is 2.66. The molecule has 0 aliphatic rings. The lowest BCUT2D eigenvalue weighted by Crippen LogP contribution is -1.96. The number of nitrogens with two attached hydrogens (primary N) is 2. The van der Waals surface area contributed by atoms with E-state index in [0.29, 0.717) is 11.4 Å². The van der Waals surface area contributed by atoms with Crippen molar-refractivity contribution >= 4 is 17.5 Å². The molecular weight excluding hydrogens is 148 g/mol. The van der Waals surface area contributed by atoms with Gasteiger partial charge < -0.3 is 11.5 Å². The third-order valence-electron chi connectivity index (χ3n) is 1.71. The number of hydrogen-bond acceptors (Lipinski definition) is 2. The Hall–Kier alpha value is -1.44. The SMILES string of the molecule is CC/C=C\c1cccc(N)c1N. The zero-order valence-corrected chi connectivity index (χ0v) is 7.25. The van der Waals surface area contributed by atoms with Gasteiger partial charge in [0.05, 0.1) is 11.4 Å². The molecule has 0 atom stereocenters. The average molecular weight is 162 g/mol. The molecule has 0 spiro atoms. The summed E-state index contributed by atoms with van der Waals surface area (Å²) in [5.74, 6) is 0. The van der Waals surface area contributed by atoms with Gasteiger partial charge in [0, 0.05) is 0 Å². The number of nitrogen functional groups attached to an aromatic ring is 2. The van der Waals surface area contributed by atoms with Crippen LogP contribution < -0.4 is 11.5 Å². The van der Waals surface area contributed by atoms with Crippen LogP contribution in [-0.2, 0) is 0 Å². The van der Waals surface area contributed by atoms with E-state index in [1.165, 1.54) is 0 Å². The summed E-state index contributed by atoms with van der Waals surface area (Å²) in [6, 6.07) is 5.66. The van der Waals surface area contributed by atoms with Crippen LogP contribution in [-0.4, -0.2) is 0 Å². The lowest BCUT2D eigenvalue weighted by Gasteiger charge is -2.02. The van der Waals surface area contributed by atoms with Gasteiger partial charge in [-0.15, -0.1) is 0 Å². The predicted molar refractivity (Wildman–Crippen MR) is 54.6 cm³/mol. The molecule has 0 bridgehead atoms. The number of hydrogen-bond donors (Lipinski definition) is 2. The Morgan fingerprint density at radius 3 is 2.75 bits per heavy atom. The molecule has 4 N–H and O–H groups in total. The van der Waals surface area contributed by atoms with Crippen molar-refractivity contribution in [2.75, 3.05) is 11.5 Å². The van der Waals surface area contributed by atoms with Crippen molar-refractivity contribution in [1.29, 1.82) is 0 Å². The van der Waals surface area contributed by atoms with Gasteiger partial charge in [-0.1, -0.05) is 31.2 Å². The molecule has 2 heteroatoms. The van der Waals surface area contributed by atoms with Crippen molar-refractivity contribution in [2.45, 2.75) is 13.3 Å². The molecule has 0 unspecified atom stereocenters. The fourth-order valence-electron chi connectivity index (χ4n) is 0.992. The van der Waals surface area contributed by atoms with Gasteiger partial charge in [-0.3, -0.25) is 0 Å². The lowest BCUT2D eigenvalue weighted by molar-refractivity contribution is 1.23. The van der Waals surface area contributed by atoms with E-state index in [-0.39, 0.29) is 0 Å². The summed E-state index contributed by atoms with van der Waals surface area (Å²) in [6.45, 7) is 2.08. The summed E-state index contributed by atoms with van der Waals surface area (Å²) in [7, 11) is 0. The van der Waals surface area contributed by atoms with E-state index in [2.05, 4.69) is 13.0 Å². The van der Waals surface area contributed by atoms with Crippen LogP contribution in [0.3, 0.4) is 0 Å². The van der Waals surface area contributed by atoms with Crippen molar-refractivity contribution in [3.63, 3.8) is 0 Å². The zero-order valence-electron chi connectivity index (χ0n) is 7.25. The van der Waals surface area contributed by atoms with Gasteiger partial charge in [0.1, 0.15) is 0 Å². The van der Waals surface area contributed by atoms with Crippen LogP contribution in [0.4, 0.5) is 11.4 Å². The maximum Gasteiger partial charge on any atom is 0.0621 e. The highest BCUT2D eigenvalue weighted by molar-refractivity contribution is 5.75. The highest BCUT2D eigenvalue weighted by atomic mass is 14.7. The maximum absolute atomic E-state index is 5.75. The third kappa shape index (κ3) is 1.78. The normalized spacial score (nSPS) is 10.8. The first-order valence-corrected chi connectivity index (χ1v) is 4.06. The monoisotopic (exact) mass is 162 g/mol. The second-order valence-corrected chi connectivity index (χ2v) is 2.66. The van der Waals surface area contributed by atoms with E-state index in [1.807, 2.05) is 18.2 Å². The van der Waals surface area contributed by atoms with Gasteiger partial charge >= 0.3 is 0 Å². The summed E-state index contributed by atoms with van der Waals surface area (Å²) >= 11 is 0. The minimum absolute atomic E-state index is 0.647. The van der Waals surface area contributed by atoms with Gasteiger partial charge in [0.25, 0.3) is 0 Å². The first-order valence-electron chi connectivity index (χ1n) is 4.06. The van der Waals surface area contributed by atoms with Gasteiger partial charge in [0.2, 0.25) is 0 Å². The fraction of sp³-hybridized carbons (Fsp3) is 0.200. The summed E-state index contributed by atoms with van der Waals surface area (Å²) < 4.78 is 0. The summed E-state index contributed by atoms with van der Waals surface area (Å²) in [6.07, 6.45) is 5.06. The molecule has 0 aliphatic carbocycles. The Labute approximate surface area is 72.9 Å². The van der Waals surface area contributed by atoms with Crippen molar-refractivity contribution in [2.24, 2.45) is 0 Å². The number of rotatable bonds is 2. The van der Waals surface area contributed by atoms with Crippen LogP contribution in [0.5, 0.6) is 0 Å². The summed E-state index contributed by atoms with van der Waals surface area (Å²) in [5.41, 5.74) is 13.7. The van der Waals surface area contributed by atoms with Crippen LogP contribution in [0.1, 0.15) is 18.9 Å².